The van der Waals surface area contributed by atoms with Gasteiger partial charge in [0.25, 0.3) is 0 Å². The van der Waals surface area contributed by atoms with Crippen LogP contribution in [0, 0.1) is 18.5 Å². The number of fused-ring (bicyclic) bond motifs is 8. The van der Waals surface area contributed by atoms with E-state index in [4.69, 9.17) is 13.5 Å². The van der Waals surface area contributed by atoms with Gasteiger partial charge in [-0.2, -0.15) is 24.3 Å². The molecule has 0 radical (unpaired) electrons. The van der Waals surface area contributed by atoms with Crippen molar-refractivity contribution in [3.63, 3.8) is 0 Å². The molecule has 6 aromatic carbocycles. The Morgan fingerprint density at radius 3 is 2.06 bits per heavy atom. The van der Waals surface area contributed by atoms with Crippen LogP contribution in [0.3, 0.4) is 0 Å². The fraction of sp³-hybridized carbons (Fsp3) is 0.106. The molecule has 4 heterocycles. The van der Waals surface area contributed by atoms with Crippen molar-refractivity contribution in [2.24, 2.45) is 6.98 Å². The monoisotopic (exact) mass is 883 g/mol. The molecule has 0 fully saturated rings. The van der Waals surface area contributed by atoms with Gasteiger partial charge in [-0.25, -0.2) is 4.98 Å². The number of aryl methyl sites for hydroxylation is 1. The SMILES string of the molecule is [2H]C([2H])([2H])[n+]1[c-]n(-c2[c-]c3c(cc2)c2ccccc2oc2ccccc2n3-c2[c-]c3c(cc2)c2ccccc2n3-c2cc(C(C)(C)C)ccn2)c2ccccc21.[Pt]. The molecule has 6 nitrogen and oxygen atoms in total. The number of imidazole rings is 1. The van der Waals surface area contributed by atoms with Gasteiger partial charge in [-0.05, 0) is 58.1 Å². The van der Waals surface area contributed by atoms with E-state index in [9.17, 15) is 0 Å². The van der Waals surface area contributed by atoms with Crippen molar-refractivity contribution in [2.45, 2.75) is 26.2 Å². The van der Waals surface area contributed by atoms with Crippen molar-refractivity contribution in [2.75, 3.05) is 0 Å². The molecule has 0 spiro atoms. The second kappa shape index (κ2) is 12.9. The predicted octanol–water partition coefficient (Wildman–Crippen LogP) is 10.6. The Labute approximate surface area is 331 Å². The van der Waals surface area contributed by atoms with E-state index >= 15 is 0 Å². The molecule has 266 valence electrons. The molecule has 54 heavy (non-hydrogen) atoms. The van der Waals surface area contributed by atoms with Crippen LogP contribution in [0.25, 0.3) is 83.0 Å². The Balaban J connectivity index is 0.00000422. The zero-order valence-electron chi connectivity index (χ0n) is 32.7. The summed E-state index contributed by atoms with van der Waals surface area (Å²) in [6.45, 7) is 4.20. The second-order valence-corrected chi connectivity index (χ2v) is 14.4. The van der Waals surface area contributed by atoms with E-state index in [1.807, 2.05) is 85.1 Å². The third-order valence-corrected chi connectivity index (χ3v) is 10.1. The Hall–Kier alpha value is -5.97. The number of aromatic nitrogens is 5. The van der Waals surface area contributed by atoms with E-state index in [1.54, 1.807) is 10.6 Å². The van der Waals surface area contributed by atoms with Gasteiger partial charge in [-0.3, -0.25) is 0 Å². The van der Waals surface area contributed by atoms with Gasteiger partial charge in [-0.15, -0.1) is 22.9 Å². The normalized spacial score (nSPS) is 13.0. The Morgan fingerprint density at radius 1 is 0.630 bits per heavy atom. The van der Waals surface area contributed by atoms with Crippen LogP contribution < -0.4 is 4.57 Å². The Bertz CT molecular complexity index is 3250. The van der Waals surface area contributed by atoms with Crippen LogP contribution in [-0.4, -0.2) is 18.7 Å². The summed E-state index contributed by atoms with van der Waals surface area (Å²) >= 11 is 0. The zero-order valence-corrected chi connectivity index (χ0v) is 32.0. The number of pyridine rings is 1. The van der Waals surface area contributed by atoms with E-state index in [2.05, 4.69) is 96.9 Å². The fourth-order valence-electron chi connectivity index (χ4n) is 7.48. The first kappa shape index (κ1) is 30.5. The maximum Gasteiger partial charge on any atom is 0.242 e. The molecular formula is C47H35N5OPt-2. The van der Waals surface area contributed by atoms with Crippen LogP contribution in [0.4, 0.5) is 0 Å². The van der Waals surface area contributed by atoms with Crippen molar-refractivity contribution in [1.29, 1.82) is 0 Å². The van der Waals surface area contributed by atoms with Gasteiger partial charge < -0.3 is 22.7 Å². The number of hydrogen-bond acceptors (Lipinski definition) is 2. The number of para-hydroxylation sites is 6. The zero-order chi connectivity index (χ0) is 38.3. The molecule has 10 rings (SSSR count). The minimum atomic E-state index is -2.43. The molecule has 0 saturated heterocycles. The van der Waals surface area contributed by atoms with Gasteiger partial charge in [0.15, 0.2) is 5.58 Å². The molecule has 0 amide bonds. The smallest absolute Gasteiger partial charge is 0.242 e. The Kier molecular flexibility index (Phi) is 7.26. The van der Waals surface area contributed by atoms with Crippen LogP contribution in [-0.2, 0) is 33.5 Å². The first-order valence-electron chi connectivity index (χ1n) is 19.2. The summed E-state index contributed by atoms with van der Waals surface area (Å²) in [5.74, 6) is 0.814. The largest absolute Gasteiger partial charge is 0.456 e. The summed E-state index contributed by atoms with van der Waals surface area (Å²) < 4.78 is 38.9. The number of nitrogens with zero attached hydrogens (tertiary/aromatic N) is 5. The van der Waals surface area contributed by atoms with E-state index in [-0.39, 0.29) is 26.5 Å². The van der Waals surface area contributed by atoms with Crippen LogP contribution >= 0.6 is 0 Å². The van der Waals surface area contributed by atoms with Gasteiger partial charge in [0.2, 0.25) is 6.33 Å². The van der Waals surface area contributed by atoms with Crippen LogP contribution in [0.5, 0.6) is 0 Å². The summed E-state index contributed by atoms with van der Waals surface area (Å²) in [6, 6.07) is 51.9. The van der Waals surface area contributed by atoms with Crippen LogP contribution in [0.1, 0.15) is 30.4 Å². The average molecular weight is 884 g/mol. The number of rotatable bonds is 3. The third-order valence-electron chi connectivity index (χ3n) is 10.1. The summed E-state index contributed by atoms with van der Waals surface area (Å²) in [5, 5.41) is 3.93. The molecule has 0 aliphatic rings. The van der Waals surface area contributed by atoms with Crippen molar-refractivity contribution >= 4 is 65.8 Å². The topological polar surface area (TPSA) is 44.7 Å². The van der Waals surface area contributed by atoms with E-state index in [0.717, 1.165) is 55.1 Å². The van der Waals surface area contributed by atoms with Gasteiger partial charge in [0.1, 0.15) is 11.4 Å². The minimum Gasteiger partial charge on any atom is -0.456 e. The molecule has 0 saturated carbocycles. The van der Waals surface area contributed by atoms with Crippen molar-refractivity contribution in [3.05, 3.63) is 164 Å². The summed E-state index contributed by atoms with van der Waals surface area (Å²) in [6.07, 6.45) is 5.01. The quantitative estimate of drug-likeness (QED) is 0.131. The van der Waals surface area contributed by atoms with Gasteiger partial charge >= 0.3 is 0 Å². The maximum atomic E-state index is 8.28. The van der Waals surface area contributed by atoms with Crippen LogP contribution in [0.15, 0.2) is 144 Å². The van der Waals surface area contributed by atoms with E-state index in [1.165, 1.54) is 10.1 Å². The number of hydrogen-bond donors (Lipinski definition) is 0. The average Bonchev–Trinajstić information content (AvgIpc) is 3.75. The Morgan fingerprint density at radius 2 is 1.26 bits per heavy atom. The standard InChI is InChI=1S/C47H35N5O.Pt/c1-47(2,3)31-25-26-48-46(27-31)52-38-15-7-5-13-34(38)35-24-22-33(29-43(35)52)51-41-18-10-12-20-45(41)53-44-19-11-6-14-37(44)36-23-21-32(28-42(36)51)50-30-49(4)39-16-8-9-17-40(39)50;/h5-27H,1-4H3;/q-2;/i4D3;. The van der Waals surface area contributed by atoms with Crippen molar-refractivity contribution < 1.29 is 34.2 Å². The molecule has 0 unspecified atom stereocenters. The van der Waals surface area contributed by atoms with E-state index < -0.39 is 6.98 Å². The van der Waals surface area contributed by atoms with Crippen molar-refractivity contribution in [3.8, 4) is 17.2 Å². The summed E-state index contributed by atoms with van der Waals surface area (Å²) in [7, 11) is 0. The number of benzene rings is 6. The first-order chi connectivity index (χ1) is 27.0. The van der Waals surface area contributed by atoms with Gasteiger partial charge in [-0.1, -0.05) is 116 Å². The molecular weight excluding hydrogens is 846 g/mol. The van der Waals surface area contributed by atoms with E-state index in [0.29, 0.717) is 27.9 Å². The molecule has 0 N–H and O–H groups in total. The molecule has 4 aromatic heterocycles. The summed E-state index contributed by atoms with van der Waals surface area (Å²) in [4.78, 5) is 4.91. The first-order valence-corrected chi connectivity index (χ1v) is 17.7. The molecule has 10 aromatic rings. The molecule has 7 heteroatoms. The predicted molar refractivity (Wildman–Crippen MR) is 214 cm³/mol. The fourth-order valence-corrected chi connectivity index (χ4v) is 7.48. The molecule has 0 aliphatic heterocycles. The minimum absolute atomic E-state index is 0. The van der Waals surface area contributed by atoms with Gasteiger partial charge in [0, 0.05) is 32.8 Å². The van der Waals surface area contributed by atoms with Gasteiger partial charge in [0.05, 0.1) is 27.6 Å². The molecule has 0 aliphatic carbocycles. The molecule has 0 bridgehead atoms. The van der Waals surface area contributed by atoms with Crippen LogP contribution in [0.2, 0.25) is 0 Å². The third kappa shape index (κ3) is 5.35. The maximum absolute atomic E-state index is 8.28. The molecule has 0 atom stereocenters. The summed E-state index contributed by atoms with van der Waals surface area (Å²) in [5.41, 5.74) is 8.57. The van der Waals surface area contributed by atoms with Crippen molar-refractivity contribution in [1.82, 2.24) is 18.7 Å². The second-order valence-electron chi connectivity index (χ2n) is 14.4.